The molecule has 7 nitrogen and oxygen atoms in total. The fourth-order valence-electron chi connectivity index (χ4n) is 4.78. The van der Waals surface area contributed by atoms with Crippen molar-refractivity contribution >= 4 is 34.7 Å². The van der Waals surface area contributed by atoms with Gasteiger partial charge < -0.3 is 10.2 Å². The van der Waals surface area contributed by atoms with E-state index < -0.39 is 11.2 Å². The molecule has 0 atom stereocenters. The van der Waals surface area contributed by atoms with Crippen molar-refractivity contribution in [3.63, 3.8) is 0 Å². The van der Waals surface area contributed by atoms with Crippen LogP contribution in [0.1, 0.15) is 42.5 Å². The van der Waals surface area contributed by atoms with Crippen LogP contribution in [0.15, 0.2) is 42.9 Å². The lowest BCUT2D eigenvalue weighted by Crippen LogP contribution is -2.43. The van der Waals surface area contributed by atoms with Gasteiger partial charge in [-0.2, -0.15) is 5.10 Å². The predicted octanol–water partition coefficient (Wildman–Crippen LogP) is 3.62. The van der Waals surface area contributed by atoms with E-state index in [9.17, 15) is 14.0 Å². The van der Waals surface area contributed by atoms with E-state index >= 15 is 0 Å². The van der Waals surface area contributed by atoms with Crippen molar-refractivity contribution < 1.29 is 14.0 Å². The Labute approximate surface area is 183 Å². The number of benzene rings is 1. The summed E-state index contributed by atoms with van der Waals surface area (Å²) in [6.45, 7) is 0.565. The van der Waals surface area contributed by atoms with E-state index in [0.29, 0.717) is 36.3 Å². The first-order valence-electron chi connectivity index (χ1n) is 10.3. The summed E-state index contributed by atoms with van der Waals surface area (Å²) in [7, 11) is 0. The van der Waals surface area contributed by atoms with Gasteiger partial charge in [0.2, 0.25) is 5.91 Å². The van der Waals surface area contributed by atoms with Crippen LogP contribution < -0.4 is 10.2 Å². The van der Waals surface area contributed by atoms with Crippen molar-refractivity contribution in [2.75, 3.05) is 11.4 Å². The maximum absolute atomic E-state index is 13.4. The molecule has 1 aliphatic carbocycles. The van der Waals surface area contributed by atoms with Gasteiger partial charge in [0.1, 0.15) is 11.4 Å². The van der Waals surface area contributed by atoms with Crippen LogP contribution >= 0.6 is 11.6 Å². The van der Waals surface area contributed by atoms with Crippen molar-refractivity contribution in [2.24, 2.45) is 5.41 Å². The zero-order valence-corrected chi connectivity index (χ0v) is 17.5. The maximum Gasteiger partial charge on any atom is 0.256 e. The monoisotopic (exact) mass is 441 g/mol. The Hall–Kier alpha value is -3.00. The SMILES string of the molecule is O=C(N[C@H]1CC[C@]2(CCN(c3ccc(F)cc3Cl)C2=O)CC1)c1cnn2cccnc12. The van der Waals surface area contributed by atoms with Gasteiger partial charge in [0.15, 0.2) is 5.65 Å². The molecule has 9 heteroatoms. The molecule has 1 aromatic carbocycles. The molecule has 0 bridgehead atoms. The predicted molar refractivity (Wildman–Crippen MR) is 114 cm³/mol. The number of anilines is 1. The van der Waals surface area contributed by atoms with Gasteiger partial charge in [-0.3, -0.25) is 9.59 Å². The lowest BCUT2D eigenvalue weighted by molar-refractivity contribution is -0.127. The zero-order chi connectivity index (χ0) is 21.6. The highest BCUT2D eigenvalue weighted by atomic mass is 35.5. The van der Waals surface area contributed by atoms with Crippen molar-refractivity contribution in [1.82, 2.24) is 19.9 Å². The minimum absolute atomic E-state index is 0.00644. The lowest BCUT2D eigenvalue weighted by atomic mass is 9.71. The topological polar surface area (TPSA) is 79.6 Å². The third-order valence-electron chi connectivity index (χ3n) is 6.52. The first-order chi connectivity index (χ1) is 15.0. The van der Waals surface area contributed by atoms with Crippen LogP contribution in [0.3, 0.4) is 0 Å². The van der Waals surface area contributed by atoms with Crippen LogP contribution in [0.5, 0.6) is 0 Å². The molecule has 5 rings (SSSR count). The average molecular weight is 442 g/mol. The molecule has 1 aliphatic heterocycles. The van der Waals surface area contributed by atoms with Crippen LogP contribution in [0.2, 0.25) is 5.02 Å². The highest BCUT2D eigenvalue weighted by molar-refractivity contribution is 6.34. The van der Waals surface area contributed by atoms with Crippen molar-refractivity contribution in [1.29, 1.82) is 0 Å². The number of hydrogen-bond donors (Lipinski definition) is 1. The minimum Gasteiger partial charge on any atom is -0.349 e. The molecule has 3 aromatic rings. The minimum atomic E-state index is -0.440. The standard InChI is InChI=1S/C22H21ClFN5O2/c23-17-12-14(24)2-3-18(17)28-11-8-22(21(28)31)6-4-15(5-7-22)27-20(30)16-13-26-29-10-1-9-25-19(16)29/h1-3,9-10,12-13,15H,4-8,11H2,(H,27,30)/t15-,22+. The Kier molecular flexibility index (Phi) is 4.89. The fraction of sp³-hybridized carbons (Fsp3) is 0.364. The maximum atomic E-state index is 13.4. The molecule has 1 N–H and O–H groups in total. The molecule has 2 aromatic heterocycles. The summed E-state index contributed by atoms with van der Waals surface area (Å²) in [4.78, 5) is 31.9. The first kappa shape index (κ1) is 19.9. The lowest BCUT2D eigenvalue weighted by Gasteiger charge is -2.36. The van der Waals surface area contributed by atoms with Gasteiger partial charge in [0, 0.05) is 25.0 Å². The van der Waals surface area contributed by atoms with E-state index in [1.165, 1.54) is 18.3 Å². The number of halogens is 2. The second-order valence-electron chi connectivity index (χ2n) is 8.28. The van der Waals surface area contributed by atoms with E-state index in [-0.39, 0.29) is 22.9 Å². The molecule has 0 unspecified atom stereocenters. The summed E-state index contributed by atoms with van der Waals surface area (Å²) in [5.74, 6) is -0.586. The van der Waals surface area contributed by atoms with Gasteiger partial charge in [-0.25, -0.2) is 13.9 Å². The number of aromatic nitrogens is 3. The fourth-order valence-corrected chi connectivity index (χ4v) is 5.05. The van der Waals surface area contributed by atoms with E-state index in [2.05, 4.69) is 15.4 Å². The number of nitrogens with one attached hydrogen (secondary N) is 1. The number of carbonyl (C=O) groups is 2. The molecule has 2 amide bonds. The summed E-state index contributed by atoms with van der Waals surface area (Å²) < 4.78 is 15.0. The van der Waals surface area contributed by atoms with Crippen molar-refractivity contribution in [2.45, 2.75) is 38.1 Å². The van der Waals surface area contributed by atoms with Crippen LogP contribution in [-0.4, -0.2) is 39.0 Å². The molecule has 160 valence electrons. The molecule has 1 spiro atoms. The first-order valence-corrected chi connectivity index (χ1v) is 10.7. The highest BCUT2D eigenvalue weighted by Gasteiger charge is 2.49. The van der Waals surface area contributed by atoms with Crippen LogP contribution in [0, 0.1) is 11.2 Å². The van der Waals surface area contributed by atoms with E-state index in [1.54, 1.807) is 33.9 Å². The Balaban J connectivity index is 1.25. The summed E-state index contributed by atoms with van der Waals surface area (Å²) in [6.07, 6.45) is 8.45. The second kappa shape index (κ2) is 7.60. The van der Waals surface area contributed by atoms with Crippen LogP contribution in [0.25, 0.3) is 5.65 Å². The average Bonchev–Trinajstić information content (AvgIpc) is 3.33. The number of fused-ring (bicyclic) bond motifs is 1. The molecule has 1 saturated heterocycles. The quantitative estimate of drug-likeness (QED) is 0.673. The summed E-state index contributed by atoms with van der Waals surface area (Å²) in [6, 6.07) is 5.86. The van der Waals surface area contributed by atoms with Gasteiger partial charge in [0.25, 0.3) is 5.91 Å². The normalized spacial score (nSPS) is 23.6. The van der Waals surface area contributed by atoms with Crippen LogP contribution in [-0.2, 0) is 4.79 Å². The molecule has 0 radical (unpaired) electrons. The Morgan fingerprint density at radius 3 is 2.84 bits per heavy atom. The summed E-state index contributed by atoms with van der Waals surface area (Å²) in [5, 5.41) is 7.48. The second-order valence-corrected chi connectivity index (χ2v) is 8.68. The molecule has 1 saturated carbocycles. The molecule has 2 fully saturated rings. The van der Waals surface area contributed by atoms with E-state index in [0.717, 1.165) is 19.3 Å². The Bertz CT molecular complexity index is 1170. The van der Waals surface area contributed by atoms with Gasteiger partial charge in [-0.15, -0.1) is 0 Å². The third kappa shape index (κ3) is 3.44. The van der Waals surface area contributed by atoms with Gasteiger partial charge >= 0.3 is 0 Å². The highest BCUT2D eigenvalue weighted by Crippen LogP contribution is 2.47. The smallest absolute Gasteiger partial charge is 0.256 e. The summed E-state index contributed by atoms with van der Waals surface area (Å²) >= 11 is 6.18. The number of rotatable bonds is 3. The molecule has 2 aliphatic rings. The van der Waals surface area contributed by atoms with E-state index in [1.807, 2.05) is 0 Å². The molecule has 31 heavy (non-hydrogen) atoms. The van der Waals surface area contributed by atoms with Gasteiger partial charge in [-0.1, -0.05) is 11.6 Å². The van der Waals surface area contributed by atoms with Gasteiger partial charge in [0.05, 0.1) is 22.3 Å². The third-order valence-corrected chi connectivity index (χ3v) is 6.82. The Morgan fingerprint density at radius 1 is 1.26 bits per heavy atom. The van der Waals surface area contributed by atoms with Crippen molar-refractivity contribution in [3.8, 4) is 0 Å². The Morgan fingerprint density at radius 2 is 2.06 bits per heavy atom. The van der Waals surface area contributed by atoms with E-state index in [4.69, 9.17) is 11.6 Å². The number of hydrogen-bond acceptors (Lipinski definition) is 4. The number of nitrogens with zero attached hydrogens (tertiary/aromatic N) is 4. The van der Waals surface area contributed by atoms with Crippen molar-refractivity contribution in [3.05, 3.63) is 59.3 Å². The molecule has 3 heterocycles. The zero-order valence-electron chi connectivity index (χ0n) is 16.7. The summed E-state index contributed by atoms with van der Waals surface area (Å²) in [5.41, 5.74) is 1.08. The number of carbonyl (C=O) groups excluding carboxylic acids is 2. The van der Waals surface area contributed by atoms with Crippen LogP contribution in [0.4, 0.5) is 10.1 Å². The largest absolute Gasteiger partial charge is 0.349 e. The molecular formula is C22H21ClFN5O2. The number of amides is 2. The molecular weight excluding hydrogens is 421 g/mol. The van der Waals surface area contributed by atoms with Gasteiger partial charge in [-0.05, 0) is 56.4 Å².